The summed E-state index contributed by atoms with van der Waals surface area (Å²) < 4.78 is 5.16. The third-order valence-electron chi connectivity index (χ3n) is 6.00. The van der Waals surface area contributed by atoms with E-state index in [0.717, 1.165) is 21.9 Å². The molecule has 31 heavy (non-hydrogen) atoms. The predicted molar refractivity (Wildman–Crippen MR) is 119 cm³/mol. The van der Waals surface area contributed by atoms with Crippen molar-refractivity contribution >= 4 is 22.6 Å². The number of hydrogen-bond acceptors (Lipinski definition) is 4. The van der Waals surface area contributed by atoms with Crippen LogP contribution < -0.4 is 0 Å². The number of esters is 1. The summed E-state index contributed by atoms with van der Waals surface area (Å²) in [6, 6.07) is 23.7. The Morgan fingerprint density at radius 3 is 2.48 bits per heavy atom. The van der Waals surface area contributed by atoms with Crippen molar-refractivity contribution in [1.29, 1.82) is 0 Å². The van der Waals surface area contributed by atoms with Crippen molar-refractivity contribution in [3.63, 3.8) is 0 Å². The Bertz CT molecular complexity index is 1070. The van der Waals surface area contributed by atoms with Crippen LogP contribution in [0, 0.1) is 5.92 Å². The number of aliphatic hydroxyl groups is 1. The maximum Gasteiger partial charge on any atom is 0.306 e. The van der Waals surface area contributed by atoms with Gasteiger partial charge in [0.2, 0.25) is 5.91 Å². The molecule has 0 aliphatic carbocycles. The first-order chi connectivity index (χ1) is 15.1. The molecule has 3 aromatic rings. The van der Waals surface area contributed by atoms with Crippen LogP contribution in [0.1, 0.15) is 36.8 Å². The van der Waals surface area contributed by atoms with Crippen LogP contribution in [0.3, 0.4) is 0 Å². The van der Waals surface area contributed by atoms with Crippen LogP contribution in [0.25, 0.3) is 10.8 Å². The molecule has 0 radical (unpaired) electrons. The fraction of sp³-hybridized carbons (Fsp3) is 0.308. The Morgan fingerprint density at radius 1 is 1.03 bits per heavy atom. The van der Waals surface area contributed by atoms with Crippen molar-refractivity contribution in [3.8, 4) is 0 Å². The van der Waals surface area contributed by atoms with E-state index in [4.69, 9.17) is 4.74 Å². The lowest BCUT2D eigenvalue weighted by Gasteiger charge is -2.41. The minimum Gasteiger partial charge on any atom is -0.466 e. The van der Waals surface area contributed by atoms with Gasteiger partial charge in [-0.15, -0.1) is 0 Å². The molecule has 1 heterocycles. The average Bonchev–Trinajstić information content (AvgIpc) is 2.79. The molecule has 3 aromatic carbocycles. The van der Waals surface area contributed by atoms with E-state index in [1.165, 1.54) is 4.90 Å². The number of amides is 1. The molecule has 1 N–H and O–H groups in total. The van der Waals surface area contributed by atoms with E-state index in [9.17, 15) is 14.7 Å². The minimum absolute atomic E-state index is 0.00216. The Hall–Kier alpha value is -3.18. The smallest absolute Gasteiger partial charge is 0.306 e. The Morgan fingerprint density at radius 2 is 1.74 bits per heavy atom. The topological polar surface area (TPSA) is 66.8 Å². The molecular formula is C26H27NO4. The largest absolute Gasteiger partial charge is 0.466 e. The molecule has 1 aliphatic heterocycles. The number of piperidine rings is 1. The van der Waals surface area contributed by atoms with E-state index < -0.39 is 12.1 Å². The molecule has 0 saturated carbocycles. The highest BCUT2D eigenvalue weighted by molar-refractivity contribution is 5.87. The van der Waals surface area contributed by atoms with Gasteiger partial charge in [0.25, 0.3) is 0 Å². The summed E-state index contributed by atoms with van der Waals surface area (Å²) in [5.41, 5.74) is 1.90. The minimum atomic E-state index is -0.914. The van der Waals surface area contributed by atoms with Gasteiger partial charge in [0.1, 0.15) is 6.23 Å². The van der Waals surface area contributed by atoms with E-state index in [0.29, 0.717) is 13.0 Å². The van der Waals surface area contributed by atoms with Crippen molar-refractivity contribution in [1.82, 2.24) is 4.90 Å². The van der Waals surface area contributed by atoms with Gasteiger partial charge >= 0.3 is 5.97 Å². The lowest BCUT2D eigenvalue weighted by Crippen LogP contribution is -2.50. The summed E-state index contributed by atoms with van der Waals surface area (Å²) in [5.74, 6) is -1.44. The van der Waals surface area contributed by atoms with Gasteiger partial charge in [-0.05, 0) is 35.2 Å². The molecule has 5 nitrogen and oxygen atoms in total. The number of likely N-dealkylation sites (tertiary alicyclic amines) is 1. The number of carbonyl (C=O) groups excluding carboxylic acids is 2. The molecule has 0 aromatic heterocycles. The zero-order valence-electron chi connectivity index (χ0n) is 17.6. The van der Waals surface area contributed by atoms with Crippen molar-refractivity contribution in [2.45, 2.75) is 38.5 Å². The van der Waals surface area contributed by atoms with Crippen LogP contribution in [0.5, 0.6) is 0 Å². The lowest BCUT2D eigenvalue weighted by molar-refractivity contribution is -0.161. The van der Waals surface area contributed by atoms with Gasteiger partial charge in [-0.2, -0.15) is 0 Å². The third-order valence-corrected chi connectivity index (χ3v) is 6.00. The quantitative estimate of drug-likeness (QED) is 0.609. The molecule has 160 valence electrons. The van der Waals surface area contributed by atoms with E-state index >= 15 is 0 Å². The Labute approximate surface area is 182 Å². The van der Waals surface area contributed by atoms with Gasteiger partial charge in [0.05, 0.1) is 18.9 Å². The van der Waals surface area contributed by atoms with Crippen molar-refractivity contribution in [2.75, 3.05) is 6.61 Å². The second-order valence-electron chi connectivity index (χ2n) is 8.00. The molecule has 4 rings (SSSR count). The highest BCUT2D eigenvalue weighted by atomic mass is 16.5. The zero-order valence-corrected chi connectivity index (χ0v) is 17.6. The Balaban J connectivity index is 1.66. The predicted octanol–water partition coefficient (Wildman–Crippen LogP) is 4.24. The molecule has 3 atom stereocenters. The van der Waals surface area contributed by atoms with E-state index in [-0.39, 0.29) is 30.8 Å². The molecule has 5 heteroatoms. The number of nitrogens with zero attached hydrogens (tertiary/aromatic N) is 1. The van der Waals surface area contributed by atoms with Crippen LogP contribution in [-0.4, -0.2) is 34.7 Å². The summed E-state index contributed by atoms with van der Waals surface area (Å²) >= 11 is 0. The van der Waals surface area contributed by atoms with E-state index in [2.05, 4.69) is 6.07 Å². The van der Waals surface area contributed by atoms with Crippen molar-refractivity contribution in [2.24, 2.45) is 5.92 Å². The maximum atomic E-state index is 13.5. The normalized spacial score (nSPS) is 21.3. The van der Waals surface area contributed by atoms with Crippen molar-refractivity contribution < 1.29 is 19.4 Å². The SMILES string of the molecule is CCOC(=O)C[C@@H]1C(=O)N(Cc2ccccc2)C(O)C[C@H]1c1ccc2ccccc2c1. The summed E-state index contributed by atoms with van der Waals surface area (Å²) in [6.07, 6.45) is -0.536. The first-order valence-corrected chi connectivity index (χ1v) is 10.7. The maximum absolute atomic E-state index is 13.5. The summed E-state index contributed by atoms with van der Waals surface area (Å²) in [4.78, 5) is 27.3. The fourth-order valence-electron chi connectivity index (χ4n) is 4.45. The van der Waals surface area contributed by atoms with Crippen LogP contribution >= 0.6 is 0 Å². The number of aliphatic hydroxyl groups excluding tert-OH is 1. The standard InChI is InChI=1S/C26H27NO4/c1-2-31-25(29)16-23-22(21-13-12-19-10-6-7-11-20(19)14-21)15-24(28)27(26(23)30)17-18-8-4-3-5-9-18/h3-14,22-24,28H,2,15-17H2,1H3/t22-,23-,24?/m0/s1. The molecule has 1 saturated heterocycles. The van der Waals surface area contributed by atoms with E-state index in [1.807, 2.05) is 66.7 Å². The first kappa shape index (κ1) is 21.1. The van der Waals surface area contributed by atoms with Crippen LogP contribution in [0.4, 0.5) is 0 Å². The molecule has 0 bridgehead atoms. The summed E-state index contributed by atoms with van der Waals surface area (Å²) in [5, 5.41) is 13.1. The average molecular weight is 418 g/mol. The molecule has 1 aliphatic rings. The molecular weight excluding hydrogens is 390 g/mol. The number of rotatable bonds is 6. The molecule has 1 unspecified atom stereocenters. The highest BCUT2D eigenvalue weighted by Gasteiger charge is 2.43. The number of carbonyl (C=O) groups is 2. The molecule has 1 amide bonds. The first-order valence-electron chi connectivity index (χ1n) is 10.7. The number of benzene rings is 3. The van der Waals surface area contributed by atoms with Crippen LogP contribution in [0.15, 0.2) is 72.8 Å². The molecule has 1 fully saturated rings. The van der Waals surface area contributed by atoms with Crippen molar-refractivity contribution in [3.05, 3.63) is 83.9 Å². The van der Waals surface area contributed by atoms with Gasteiger partial charge in [-0.3, -0.25) is 9.59 Å². The summed E-state index contributed by atoms with van der Waals surface area (Å²) in [6.45, 7) is 2.34. The second kappa shape index (κ2) is 9.31. The van der Waals surface area contributed by atoms with Crippen LogP contribution in [-0.2, 0) is 20.9 Å². The lowest BCUT2D eigenvalue weighted by atomic mass is 9.77. The van der Waals surface area contributed by atoms with Gasteiger partial charge in [0.15, 0.2) is 0 Å². The monoisotopic (exact) mass is 417 g/mol. The zero-order chi connectivity index (χ0) is 21.8. The number of hydrogen-bond donors (Lipinski definition) is 1. The summed E-state index contributed by atoms with van der Waals surface area (Å²) in [7, 11) is 0. The second-order valence-corrected chi connectivity index (χ2v) is 8.00. The van der Waals surface area contributed by atoms with E-state index in [1.54, 1.807) is 6.92 Å². The van der Waals surface area contributed by atoms with Gasteiger partial charge in [0, 0.05) is 12.5 Å². The fourth-order valence-corrected chi connectivity index (χ4v) is 4.45. The van der Waals surface area contributed by atoms with Crippen LogP contribution in [0.2, 0.25) is 0 Å². The third kappa shape index (κ3) is 4.62. The van der Waals surface area contributed by atoms with Gasteiger partial charge < -0.3 is 14.7 Å². The van der Waals surface area contributed by atoms with Gasteiger partial charge in [-0.1, -0.05) is 72.8 Å². The Kier molecular flexibility index (Phi) is 6.33. The number of ether oxygens (including phenoxy) is 1. The molecule has 0 spiro atoms. The highest BCUT2D eigenvalue weighted by Crippen LogP contribution is 2.39. The number of fused-ring (bicyclic) bond motifs is 1. The van der Waals surface area contributed by atoms with Gasteiger partial charge in [-0.25, -0.2) is 0 Å².